The van der Waals surface area contributed by atoms with E-state index in [0.29, 0.717) is 6.42 Å². The highest BCUT2D eigenvalue weighted by molar-refractivity contribution is 5.92. The van der Waals surface area contributed by atoms with Crippen molar-refractivity contribution in [3.63, 3.8) is 0 Å². The van der Waals surface area contributed by atoms with E-state index in [1.807, 2.05) is 0 Å². The molecule has 0 radical (unpaired) electrons. The maximum atomic E-state index is 11.9. The number of aromatic nitrogens is 1. The molecule has 8 heteroatoms. The first-order chi connectivity index (χ1) is 13.4. The topological polar surface area (TPSA) is 123 Å². The predicted octanol–water partition coefficient (Wildman–Crippen LogP) is 0.986. The summed E-state index contributed by atoms with van der Waals surface area (Å²) in [6, 6.07) is 3.13. The fraction of sp³-hybridized carbons (Fsp3) is 0.650. The highest BCUT2D eigenvalue weighted by Gasteiger charge is 2.48. The van der Waals surface area contributed by atoms with Crippen LogP contribution >= 0.6 is 0 Å². The molecule has 0 aliphatic carbocycles. The number of ether oxygens (including phenoxy) is 2. The smallest absolute Gasteiger partial charge is 0.305 e. The summed E-state index contributed by atoms with van der Waals surface area (Å²) in [4.78, 5) is 23.2. The zero-order valence-electron chi connectivity index (χ0n) is 16.3. The number of unbranched alkanes of at least 4 members (excludes halogenated alkanes) is 5. The van der Waals surface area contributed by atoms with Crippen LogP contribution in [0.5, 0.6) is 0 Å². The third kappa shape index (κ3) is 6.25. The van der Waals surface area contributed by atoms with E-state index in [2.05, 4.69) is 6.92 Å². The van der Waals surface area contributed by atoms with Gasteiger partial charge in [-0.05, 0) is 12.5 Å². The highest BCUT2D eigenvalue weighted by atomic mass is 16.6. The first-order valence-corrected chi connectivity index (χ1v) is 9.92. The number of hydrogen-bond acceptors (Lipinski definition) is 6. The Hall–Kier alpha value is -2.03. The molecule has 4 atom stereocenters. The molecule has 2 rings (SSSR count). The zero-order valence-corrected chi connectivity index (χ0v) is 16.3. The Morgan fingerprint density at radius 2 is 1.89 bits per heavy atom. The van der Waals surface area contributed by atoms with Gasteiger partial charge in [-0.2, -0.15) is 4.57 Å². The van der Waals surface area contributed by atoms with E-state index in [1.165, 1.54) is 36.1 Å². The first kappa shape index (κ1) is 22.3. The van der Waals surface area contributed by atoms with E-state index in [4.69, 9.17) is 15.2 Å². The molecule has 0 bridgehead atoms. The molecule has 28 heavy (non-hydrogen) atoms. The second kappa shape index (κ2) is 11.1. The van der Waals surface area contributed by atoms with E-state index in [1.54, 1.807) is 12.3 Å². The van der Waals surface area contributed by atoms with Crippen LogP contribution in [-0.4, -0.2) is 47.0 Å². The number of carbonyl (C=O) groups is 2. The van der Waals surface area contributed by atoms with E-state index in [-0.39, 0.29) is 18.1 Å². The lowest BCUT2D eigenvalue weighted by atomic mass is 10.1. The number of hydrogen-bond donors (Lipinski definition) is 3. The number of nitrogens with two attached hydrogens (primary N) is 1. The van der Waals surface area contributed by atoms with Crippen molar-refractivity contribution in [1.29, 1.82) is 0 Å². The lowest BCUT2D eigenvalue weighted by Crippen LogP contribution is -2.46. The Labute approximate surface area is 165 Å². The largest absolute Gasteiger partial charge is 0.463 e. The molecule has 8 nitrogen and oxygen atoms in total. The minimum absolute atomic E-state index is 0.139. The van der Waals surface area contributed by atoms with Crippen molar-refractivity contribution in [3.05, 3.63) is 30.1 Å². The van der Waals surface area contributed by atoms with E-state index >= 15 is 0 Å². The summed E-state index contributed by atoms with van der Waals surface area (Å²) in [6.07, 6.45) is 5.63. The summed E-state index contributed by atoms with van der Waals surface area (Å²) in [5, 5.41) is 20.5. The standard InChI is InChI=1S/C20H30N2O6/c1-2-3-4-5-6-7-10-16(23)27-13-15-17(24)18(25)20(28-15)22-11-8-9-14(12-22)19(21)26/h8-9,11-12,15,17-18,20,24-25H,2-7,10,13H2,1H3,(H-,21,26)/p+1/t15?,17-,18-,20-/m1/s1. The van der Waals surface area contributed by atoms with Crippen molar-refractivity contribution < 1.29 is 33.8 Å². The second-order valence-corrected chi connectivity index (χ2v) is 7.15. The van der Waals surface area contributed by atoms with Crippen molar-refractivity contribution in [1.82, 2.24) is 0 Å². The molecule has 2 heterocycles. The van der Waals surface area contributed by atoms with Crippen LogP contribution in [0.1, 0.15) is 68.5 Å². The average Bonchev–Trinajstić information content (AvgIpc) is 2.97. The second-order valence-electron chi connectivity index (χ2n) is 7.15. The van der Waals surface area contributed by atoms with Gasteiger partial charge in [0.2, 0.25) is 0 Å². The minimum Gasteiger partial charge on any atom is -0.463 e. The van der Waals surface area contributed by atoms with Gasteiger partial charge < -0.3 is 25.4 Å². The zero-order chi connectivity index (χ0) is 20.5. The molecule has 4 N–H and O–H groups in total. The van der Waals surface area contributed by atoms with Gasteiger partial charge in [-0.1, -0.05) is 39.0 Å². The van der Waals surface area contributed by atoms with Crippen molar-refractivity contribution in [2.75, 3.05) is 6.61 Å². The molecule has 1 aliphatic rings. The number of pyridine rings is 1. The average molecular weight is 395 g/mol. The summed E-state index contributed by atoms with van der Waals surface area (Å²) in [5.41, 5.74) is 5.51. The molecule has 1 aromatic heterocycles. The van der Waals surface area contributed by atoms with Crippen LogP contribution in [0.15, 0.2) is 24.5 Å². The van der Waals surface area contributed by atoms with Gasteiger partial charge in [0.15, 0.2) is 18.5 Å². The van der Waals surface area contributed by atoms with Gasteiger partial charge in [-0.3, -0.25) is 9.59 Å². The minimum atomic E-state index is -1.23. The number of primary amides is 1. The molecular weight excluding hydrogens is 364 g/mol. The lowest BCUT2D eigenvalue weighted by molar-refractivity contribution is -0.765. The molecule has 1 saturated heterocycles. The van der Waals surface area contributed by atoms with Crippen LogP contribution in [0.2, 0.25) is 0 Å². The van der Waals surface area contributed by atoms with Gasteiger partial charge in [0.25, 0.3) is 12.1 Å². The summed E-state index contributed by atoms with van der Waals surface area (Å²) in [7, 11) is 0. The van der Waals surface area contributed by atoms with Crippen LogP contribution in [-0.2, 0) is 14.3 Å². The predicted molar refractivity (Wildman–Crippen MR) is 100 cm³/mol. The number of esters is 1. The lowest BCUT2D eigenvalue weighted by Gasteiger charge is -2.13. The van der Waals surface area contributed by atoms with Crippen molar-refractivity contribution in [2.24, 2.45) is 5.73 Å². The molecule has 0 saturated carbocycles. The number of rotatable bonds is 11. The van der Waals surface area contributed by atoms with Gasteiger partial charge in [-0.15, -0.1) is 0 Å². The molecule has 1 aliphatic heterocycles. The summed E-state index contributed by atoms with van der Waals surface area (Å²) < 4.78 is 12.3. The van der Waals surface area contributed by atoms with E-state index < -0.39 is 30.4 Å². The van der Waals surface area contributed by atoms with Gasteiger partial charge in [-0.25, -0.2) is 0 Å². The summed E-state index contributed by atoms with van der Waals surface area (Å²) in [6.45, 7) is 2.02. The van der Waals surface area contributed by atoms with Crippen LogP contribution in [0, 0.1) is 0 Å². The Morgan fingerprint density at radius 3 is 2.61 bits per heavy atom. The summed E-state index contributed by atoms with van der Waals surface area (Å²) >= 11 is 0. The van der Waals surface area contributed by atoms with Crippen LogP contribution in [0.25, 0.3) is 0 Å². The Balaban J connectivity index is 1.80. The molecule has 1 aromatic rings. The third-order valence-electron chi connectivity index (χ3n) is 4.88. The highest BCUT2D eigenvalue weighted by Crippen LogP contribution is 2.26. The maximum absolute atomic E-state index is 11.9. The number of nitrogens with zero attached hydrogens (tertiary/aromatic N) is 1. The molecule has 0 aromatic carbocycles. The van der Waals surface area contributed by atoms with Crippen LogP contribution in [0.3, 0.4) is 0 Å². The van der Waals surface area contributed by atoms with Gasteiger partial charge >= 0.3 is 5.97 Å². The van der Waals surface area contributed by atoms with E-state index in [0.717, 1.165) is 19.3 Å². The fourth-order valence-electron chi connectivity index (χ4n) is 3.21. The Morgan fingerprint density at radius 1 is 1.18 bits per heavy atom. The maximum Gasteiger partial charge on any atom is 0.305 e. The monoisotopic (exact) mass is 395 g/mol. The third-order valence-corrected chi connectivity index (χ3v) is 4.88. The number of aliphatic hydroxyl groups is 2. The molecule has 1 unspecified atom stereocenters. The summed E-state index contributed by atoms with van der Waals surface area (Å²) in [5.74, 6) is -0.949. The van der Waals surface area contributed by atoms with Crippen LogP contribution < -0.4 is 10.3 Å². The number of carbonyl (C=O) groups excluding carboxylic acids is 2. The SMILES string of the molecule is CCCCCCCCC(=O)OCC1O[C@@H]([n+]2cccc(C(N)=O)c2)[C@H](O)[C@@H]1O. The quantitative estimate of drug-likeness (QED) is 0.292. The Bertz CT molecular complexity index is 653. The van der Waals surface area contributed by atoms with Gasteiger partial charge in [0.1, 0.15) is 24.4 Å². The van der Waals surface area contributed by atoms with E-state index in [9.17, 15) is 19.8 Å². The normalized spacial score (nSPS) is 24.2. The van der Waals surface area contributed by atoms with Crippen molar-refractivity contribution in [3.8, 4) is 0 Å². The fourth-order valence-corrected chi connectivity index (χ4v) is 3.21. The molecule has 0 spiro atoms. The molecular formula is C20H31N2O6+. The molecule has 156 valence electrons. The Kier molecular flexibility index (Phi) is 8.82. The number of aliphatic hydroxyl groups excluding tert-OH is 2. The van der Waals surface area contributed by atoms with Crippen LogP contribution in [0.4, 0.5) is 0 Å². The molecule has 1 fully saturated rings. The first-order valence-electron chi connectivity index (χ1n) is 9.92. The number of amides is 1. The molecule has 1 amide bonds. The van der Waals surface area contributed by atoms with Crippen molar-refractivity contribution in [2.45, 2.75) is 76.4 Å². The van der Waals surface area contributed by atoms with Gasteiger partial charge in [0, 0.05) is 12.5 Å². The van der Waals surface area contributed by atoms with Gasteiger partial charge in [0.05, 0.1) is 0 Å². The van der Waals surface area contributed by atoms with Crippen molar-refractivity contribution >= 4 is 11.9 Å².